The summed E-state index contributed by atoms with van der Waals surface area (Å²) in [5, 5.41) is 27.2. The molecule has 10 heteroatoms. The van der Waals surface area contributed by atoms with Crippen molar-refractivity contribution in [3.8, 4) is 11.7 Å². The van der Waals surface area contributed by atoms with E-state index >= 15 is 0 Å². The summed E-state index contributed by atoms with van der Waals surface area (Å²) in [6.45, 7) is 0. The highest BCUT2D eigenvalue weighted by atomic mass is 79.9. The van der Waals surface area contributed by atoms with Crippen LogP contribution in [0, 0.1) is 0 Å². The Morgan fingerprint density at radius 1 is 0.920 bits per heavy atom. The number of rotatable bonds is 4. The summed E-state index contributed by atoms with van der Waals surface area (Å²) >= 11 is 0. The predicted molar refractivity (Wildman–Crippen MR) is 78.3 cm³/mol. The lowest BCUT2D eigenvalue weighted by Gasteiger charge is -1.92. The lowest BCUT2D eigenvalue weighted by molar-refractivity contribution is -0.610. The quantitative estimate of drug-likeness (QED) is 0.172. The van der Waals surface area contributed by atoms with E-state index in [2.05, 4.69) is 15.5 Å². The second-order valence-corrected chi connectivity index (χ2v) is 4.60. The van der Waals surface area contributed by atoms with Crippen molar-refractivity contribution in [1.29, 1.82) is 0 Å². The molecule has 3 aromatic heterocycles. The Balaban J connectivity index is 0.00000156. The largest absolute Gasteiger partial charge is 1.00 e. The van der Waals surface area contributed by atoms with Crippen molar-refractivity contribution in [2.45, 2.75) is 0 Å². The lowest BCUT2D eigenvalue weighted by Crippen LogP contribution is -3.00. The highest BCUT2D eigenvalue weighted by Crippen LogP contribution is 2.04. The van der Waals surface area contributed by atoms with Gasteiger partial charge in [0, 0.05) is 11.6 Å². The summed E-state index contributed by atoms with van der Waals surface area (Å²) in [7, 11) is 0. The molecule has 0 radical (unpaired) electrons. The van der Waals surface area contributed by atoms with E-state index in [1.54, 1.807) is 64.3 Å². The van der Waals surface area contributed by atoms with Crippen molar-refractivity contribution in [2.24, 2.45) is 10.3 Å². The zero-order chi connectivity index (χ0) is 16.1. The van der Waals surface area contributed by atoms with Crippen LogP contribution in [0.2, 0.25) is 0 Å². The fraction of sp³-hybridized carbons (Fsp3) is 0. The monoisotopic (exact) mass is 469 g/mol. The molecule has 8 nitrogen and oxygen atoms in total. The molecule has 130 valence electrons. The van der Waals surface area contributed by atoms with Crippen molar-refractivity contribution < 1.29 is 58.0 Å². The molecule has 0 bridgehead atoms. The number of nitrogens with zero attached hydrogens (tertiary/aromatic N) is 5. The fourth-order valence-electron chi connectivity index (χ4n) is 2.05. The predicted octanol–water partition coefficient (Wildman–Crippen LogP) is -5.15. The molecule has 3 rings (SSSR count). The highest BCUT2D eigenvalue weighted by Gasteiger charge is 2.22. The minimum atomic E-state index is 0. The van der Waals surface area contributed by atoms with Crippen molar-refractivity contribution in [3.05, 3.63) is 66.2 Å². The van der Waals surface area contributed by atoms with E-state index in [1.165, 1.54) is 12.4 Å². The molecule has 0 spiro atoms. The minimum Gasteiger partial charge on any atom is -1.00 e. The summed E-state index contributed by atoms with van der Waals surface area (Å²) in [5.41, 5.74) is 1.43. The molecule has 0 saturated heterocycles. The van der Waals surface area contributed by atoms with Crippen LogP contribution >= 0.6 is 0 Å². The maximum atomic E-state index is 8.60. The van der Waals surface area contributed by atoms with Gasteiger partial charge in [0.05, 0.1) is 24.2 Å². The van der Waals surface area contributed by atoms with E-state index in [9.17, 15) is 0 Å². The maximum absolute atomic E-state index is 8.60. The fourth-order valence-corrected chi connectivity index (χ4v) is 2.05. The number of hydrogen-bond acceptors (Lipinski definition) is 6. The lowest BCUT2D eigenvalue weighted by atomic mass is 10.3. The zero-order valence-corrected chi connectivity index (χ0v) is 15.8. The summed E-state index contributed by atoms with van der Waals surface area (Å²) < 4.78 is 8.80. The van der Waals surface area contributed by atoms with Gasteiger partial charge in [-0.2, -0.15) is 9.09 Å². The smallest absolute Gasteiger partial charge is 0.432 e. The molecule has 0 aromatic carbocycles. The molecule has 0 aliphatic heterocycles. The molecular formula is C15H13Br2N5O3. The first-order valence-electron chi connectivity index (χ1n) is 6.65. The van der Waals surface area contributed by atoms with Gasteiger partial charge in [0.1, 0.15) is 6.20 Å². The number of aromatic nitrogens is 3. The van der Waals surface area contributed by atoms with Crippen LogP contribution in [0.25, 0.3) is 11.7 Å². The van der Waals surface area contributed by atoms with Gasteiger partial charge in [0.25, 0.3) is 0 Å². The highest BCUT2D eigenvalue weighted by molar-refractivity contribution is 5.78. The average Bonchev–Trinajstić information content (AvgIpc) is 3.06. The van der Waals surface area contributed by atoms with Gasteiger partial charge in [-0.05, 0) is 18.2 Å². The summed E-state index contributed by atoms with van der Waals surface area (Å²) in [6, 6.07) is 8.94. The topological polar surface area (TPSA) is 99.0 Å². The number of hydrogen-bond donors (Lipinski definition) is 2. The Hall–Kier alpha value is -2.59. The minimum absolute atomic E-state index is 0. The van der Waals surface area contributed by atoms with Gasteiger partial charge in [-0.1, -0.05) is 10.3 Å². The third-order valence-electron chi connectivity index (χ3n) is 3.06. The van der Waals surface area contributed by atoms with Gasteiger partial charge in [-0.15, -0.1) is 4.57 Å². The van der Waals surface area contributed by atoms with E-state index in [0.29, 0.717) is 22.8 Å². The Labute approximate surface area is 163 Å². The van der Waals surface area contributed by atoms with Crippen LogP contribution in [0.4, 0.5) is 0 Å². The van der Waals surface area contributed by atoms with Crippen LogP contribution in [0.3, 0.4) is 0 Å². The molecule has 0 aliphatic rings. The first kappa shape index (κ1) is 20.5. The molecule has 0 saturated carbocycles. The molecule has 2 N–H and O–H groups in total. The first-order valence-corrected chi connectivity index (χ1v) is 6.65. The number of oxime groups is 2. The van der Waals surface area contributed by atoms with Crippen molar-refractivity contribution in [2.75, 3.05) is 0 Å². The van der Waals surface area contributed by atoms with Crippen LogP contribution in [0.15, 0.2) is 70.0 Å². The molecule has 25 heavy (non-hydrogen) atoms. The second-order valence-electron chi connectivity index (χ2n) is 4.60. The Morgan fingerprint density at radius 2 is 1.48 bits per heavy atom. The Morgan fingerprint density at radius 3 is 2.08 bits per heavy atom. The van der Waals surface area contributed by atoms with Crippen LogP contribution in [0.1, 0.15) is 11.1 Å². The van der Waals surface area contributed by atoms with E-state index in [4.69, 9.17) is 14.9 Å². The Bertz CT molecular complexity index is 813. The van der Waals surface area contributed by atoms with Gasteiger partial charge in [-0.3, -0.25) is 0 Å². The van der Waals surface area contributed by atoms with Crippen LogP contribution in [-0.2, 0) is 0 Å². The average molecular weight is 471 g/mol. The third kappa shape index (κ3) is 4.94. The summed E-state index contributed by atoms with van der Waals surface area (Å²) in [4.78, 5) is 0. The van der Waals surface area contributed by atoms with Gasteiger partial charge in [-0.25, -0.2) is 0 Å². The SMILES string of the molecule is O/N=C/c1ccc[n+](-c2cc(-[n+]3cccc(/C=N/O)c3)on2)c1.[Br-].[Br-]. The first-order chi connectivity index (χ1) is 11.3. The maximum Gasteiger partial charge on any atom is 0.432 e. The van der Waals surface area contributed by atoms with E-state index < -0.39 is 0 Å². The van der Waals surface area contributed by atoms with Crippen LogP contribution < -0.4 is 43.1 Å². The van der Waals surface area contributed by atoms with Crippen LogP contribution in [0.5, 0.6) is 0 Å². The third-order valence-corrected chi connectivity index (χ3v) is 3.06. The normalized spacial score (nSPS) is 10.6. The molecule has 3 aromatic rings. The van der Waals surface area contributed by atoms with Crippen LogP contribution in [-0.4, -0.2) is 28.0 Å². The van der Waals surface area contributed by atoms with E-state index in [-0.39, 0.29) is 34.0 Å². The molecule has 0 unspecified atom stereocenters. The number of pyridine rings is 2. The Kier molecular flexibility index (Phi) is 7.89. The molecular weight excluding hydrogens is 458 g/mol. The zero-order valence-electron chi connectivity index (χ0n) is 12.6. The van der Waals surface area contributed by atoms with E-state index in [1.807, 2.05) is 0 Å². The van der Waals surface area contributed by atoms with Gasteiger partial charge in [0.2, 0.25) is 0 Å². The van der Waals surface area contributed by atoms with Crippen molar-refractivity contribution in [1.82, 2.24) is 5.16 Å². The van der Waals surface area contributed by atoms with Gasteiger partial charge >= 0.3 is 11.7 Å². The standard InChI is InChI=1S/C15H11N5O3.2BrH/c21-16-8-12-3-1-5-19(10-12)14-7-15(23-18-14)20-6-2-4-13(11-20)9-17-22;;/h1-11H;2*1H/b16-8+,17-9+;;. The summed E-state index contributed by atoms with van der Waals surface area (Å²) in [6.07, 6.45) is 9.73. The van der Waals surface area contributed by atoms with Crippen molar-refractivity contribution >= 4 is 12.4 Å². The molecule has 0 atom stereocenters. The number of halogens is 2. The molecule has 0 aliphatic carbocycles. The van der Waals surface area contributed by atoms with Gasteiger partial charge < -0.3 is 44.4 Å². The van der Waals surface area contributed by atoms with Gasteiger partial charge in [0.15, 0.2) is 23.6 Å². The second kappa shape index (κ2) is 9.64. The summed E-state index contributed by atoms with van der Waals surface area (Å²) in [5.74, 6) is 1.07. The molecule has 0 amide bonds. The van der Waals surface area contributed by atoms with E-state index in [0.717, 1.165) is 0 Å². The van der Waals surface area contributed by atoms with Crippen molar-refractivity contribution in [3.63, 3.8) is 0 Å². The molecule has 3 heterocycles. The molecule has 0 fully saturated rings.